The minimum Gasteiger partial charge on any atom is -0.449 e. The first kappa shape index (κ1) is 16.6. The van der Waals surface area contributed by atoms with Crippen LogP contribution in [-0.4, -0.2) is 15.7 Å². The van der Waals surface area contributed by atoms with Crippen molar-refractivity contribution >= 4 is 11.7 Å². The van der Waals surface area contributed by atoms with Crippen LogP contribution in [0.4, 0.5) is 18.0 Å². The lowest BCUT2D eigenvalue weighted by Gasteiger charge is -2.11. The van der Waals surface area contributed by atoms with Gasteiger partial charge in [-0.05, 0) is 35.9 Å². The fourth-order valence-electron chi connectivity index (χ4n) is 2.46. The number of halogens is 3. The molecule has 0 radical (unpaired) electrons. The van der Waals surface area contributed by atoms with Gasteiger partial charge in [-0.1, -0.05) is 18.2 Å². The number of hydrogen-bond acceptors (Lipinski definition) is 3. The Hall–Kier alpha value is -3.29. The maximum atomic E-state index is 12.9. The lowest BCUT2D eigenvalue weighted by Crippen LogP contribution is -2.17. The maximum Gasteiger partial charge on any atom is 0.511 e. The smallest absolute Gasteiger partial charge is 0.449 e. The van der Waals surface area contributed by atoms with Crippen molar-refractivity contribution in [1.29, 1.82) is 0 Å². The number of benzene rings is 1. The zero-order chi connectivity index (χ0) is 18.2. The summed E-state index contributed by atoms with van der Waals surface area (Å²) in [5.41, 5.74) is -1.42. The van der Waals surface area contributed by atoms with Crippen molar-refractivity contribution in [1.82, 2.24) is 4.40 Å². The minimum absolute atomic E-state index is 0.00770. The molecule has 8 heteroatoms. The normalized spacial score (nSPS) is 11.5. The van der Waals surface area contributed by atoms with E-state index in [-0.39, 0.29) is 22.4 Å². The second-order valence-corrected chi connectivity index (χ2v) is 5.13. The van der Waals surface area contributed by atoms with Crippen molar-refractivity contribution in [3.05, 3.63) is 70.6 Å². The molecule has 3 rings (SSSR count). The van der Waals surface area contributed by atoms with Crippen LogP contribution in [0.15, 0.2) is 59.5 Å². The number of carboxylic acid groups (broad SMARTS) is 1. The second-order valence-electron chi connectivity index (χ2n) is 5.13. The molecule has 0 aliphatic rings. The number of rotatable bonds is 2. The number of pyridine rings is 2. The number of fused-ring (bicyclic) bond motifs is 1. The first-order chi connectivity index (χ1) is 11.8. The van der Waals surface area contributed by atoms with Gasteiger partial charge in [0.15, 0.2) is 5.75 Å². The molecule has 128 valence electrons. The van der Waals surface area contributed by atoms with E-state index in [1.54, 1.807) is 6.07 Å². The third kappa shape index (κ3) is 3.18. The minimum atomic E-state index is -4.57. The molecule has 0 saturated heterocycles. The first-order valence-corrected chi connectivity index (χ1v) is 7.00. The van der Waals surface area contributed by atoms with Gasteiger partial charge in [0.2, 0.25) is 0 Å². The van der Waals surface area contributed by atoms with Crippen molar-refractivity contribution in [2.75, 3.05) is 0 Å². The van der Waals surface area contributed by atoms with E-state index in [1.165, 1.54) is 30.5 Å². The molecule has 5 nitrogen and oxygen atoms in total. The van der Waals surface area contributed by atoms with Gasteiger partial charge in [-0.2, -0.15) is 13.2 Å². The highest BCUT2D eigenvalue weighted by Crippen LogP contribution is 2.32. The summed E-state index contributed by atoms with van der Waals surface area (Å²) in [6, 6.07) is 9.94. The summed E-state index contributed by atoms with van der Waals surface area (Å²) in [6.07, 6.45) is -4.79. The summed E-state index contributed by atoms with van der Waals surface area (Å²) in [6.45, 7) is 0. The molecule has 3 aromatic rings. The monoisotopic (exact) mass is 349 g/mol. The standard InChI is InChI=1S/C17H10F3NO4/c18-17(19,20)11-5-3-4-10(8-11)12-9-14(25-16(23)24)13-6-1-2-7-21(13)15(12)22/h1-9H,(H,23,24). The van der Waals surface area contributed by atoms with Crippen LogP contribution in [0.5, 0.6) is 5.75 Å². The van der Waals surface area contributed by atoms with E-state index >= 15 is 0 Å². The lowest BCUT2D eigenvalue weighted by molar-refractivity contribution is -0.137. The lowest BCUT2D eigenvalue weighted by atomic mass is 10.0. The number of alkyl halides is 3. The average Bonchev–Trinajstić information content (AvgIpc) is 2.56. The number of carbonyl (C=O) groups is 1. The maximum absolute atomic E-state index is 12.9. The summed E-state index contributed by atoms with van der Waals surface area (Å²) in [5, 5.41) is 8.85. The summed E-state index contributed by atoms with van der Waals surface area (Å²) in [4.78, 5) is 23.5. The van der Waals surface area contributed by atoms with Gasteiger partial charge in [-0.25, -0.2) is 4.79 Å². The van der Waals surface area contributed by atoms with Crippen LogP contribution in [-0.2, 0) is 6.18 Å². The Morgan fingerprint density at radius 2 is 1.84 bits per heavy atom. The third-order valence-electron chi connectivity index (χ3n) is 3.54. The van der Waals surface area contributed by atoms with Crippen LogP contribution in [0.25, 0.3) is 16.6 Å². The number of aromatic nitrogens is 1. The molecule has 1 N–H and O–H groups in total. The molecule has 0 spiro atoms. The van der Waals surface area contributed by atoms with Gasteiger partial charge in [0.25, 0.3) is 5.56 Å². The van der Waals surface area contributed by atoms with Gasteiger partial charge in [-0.3, -0.25) is 9.20 Å². The molecular formula is C17H10F3NO4. The Balaban J connectivity index is 2.28. The van der Waals surface area contributed by atoms with Crippen molar-refractivity contribution in [3.8, 4) is 16.9 Å². The first-order valence-electron chi connectivity index (χ1n) is 7.00. The molecule has 0 aliphatic heterocycles. The Kier molecular flexibility index (Phi) is 3.96. The van der Waals surface area contributed by atoms with E-state index in [1.807, 2.05) is 0 Å². The molecular weight excluding hydrogens is 339 g/mol. The van der Waals surface area contributed by atoms with Crippen molar-refractivity contribution in [2.45, 2.75) is 6.18 Å². The average molecular weight is 349 g/mol. The molecule has 2 heterocycles. The topological polar surface area (TPSA) is 68.0 Å². The van der Waals surface area contributed by atoms with Crippen LogP contribution in [0, 0.1) is 0 Å². The highest BCUT2D eigenvalue weighted by molar-refractivity contribution is 5.75. The molecule has 0 unspecified atom stereocenters. The van der Waals surface area contributed by atoms with E-state index < -0.39 is 23.5 Å². The summed E-state index contributed by atoms with van der Waals surface area (Å²) < 4.78 is 44.5. The number of hydrogen-bond donors (Lipinski definition) is 1. The Bertz CT molecular complexity index is 1020. The fraction of sp³-hybridized carbons (Fsp3) is 0.0588. The quantitative estimate of drug-likeness (QED) is 0.709. The van der Waals surface area contributed by atoms with Gasteiger partial charge in [-0.15, -0.1) is 0 Å². The summed E-state index contributed by atoms with van der Waals surface area (Å²) >= 11 is 0. The summed E-state index contributed by atoms with van der Waals surface area (Å²) in [7, 11) is 0. The van der Waals surface area contributed by atoms with Crippen molar-refractivity contribution < 1.29 is 27.8 Å². The predicted molar refractivity (Wildman–Crippen MR) is 82.8 cm³/mol. The third-order valence-corrected chi connectivity index (χ3v) is 3.54. The molecule has 0 amide bonds. The van der Waals surface area contributed by atoms with E-state index in [0.717, 1.165) is 22.6 Å². The van der Waals surface area contributed by atoms with E-state index in [2.05, 4.69) is 4.74 Å². The molecule has 0 fully saturated rings. The highest BCUT2D eigenvalue weighted by Gasteiger charge is 2.30. The van der Waals surface area contributed by atoms with Crippen molar-refractivity contribution in [2.24, 2.45) is 0 Å². The second kappa shape index (κ2) is 5.97. The predicted octanol–water partition coefficient (Wildman–Crippen LogP) is 4.04. The van der Waals surface area contributed by atoms with Gasteiger partial charge < -0.3 is 9.84 Å². The SMILES string of the molecule is O=C(O)Oc1cc(-c2cccc(C(F)(F)F)c2)c(=O)n2ccccc12. The van der Waals surface area contributed by atoms with Crippen LogP contribution in [0.2, 0.25) is 0 Å². The van der Waals surface area contributed by atoms with Gasteiger partial charge in [0.1, 0.15) is 0 Å². The molecule has 0 atom stereocenters. The Morgan fingerprint density at radius 3 is 2.52 bits per heavy atom. The largest absolute Gasteiger partial charge is 0.511 e. The highest BCUT2D eigenvalue weighted by atomic mass is 19.4. The van der Waals surface area contributed by atoms with Crippen LogP contribution in [0.3, 0.4) is 0 Å². The molecule has 0 bridgehead atoms. The molecule has 0 aliphatic carbocycles. The number of ether oxygens (including phenoxy) is 1. The summed E-state index contributed by atoms with van der Waals surface area (Å²) in [5.74, 6) is -0.153. The molecule has 1 aromatic carbocycles. The van der Waals surface area contributed by atoms with Crippen LogP contribution in [0.1, 0.15) is 5.56 Å². The number of nitrogens with zero attached hydrogens (tertiary/aromatic N) is 1. The molecule has 0 saturated carbocycles. The molecule has 25 heavy (non-hydrogen) atoms. The Labute approximate surface area is 138 Å². The zero-order valence-corrected chi connectivity index (χ0v) is 12.4. The Morgan fingerprint density at radius 1 is 1.08 bits per heavy atom. The van der Waals surface area contributed by atoms with Crippen molar-refractivity contribution in [3.63, 3.8) is 0 Å². The zero-order valence-electron chi connectivity index (χ0n) is 12.4. The van der Waals surface area contributed by atoms with Crippen LogP contribution < -0.4 is 10.3 Å². The van der Waals surface area contributed by atoms with Gasteiger partial charge in [0, 0.05) is 6.20 Å². The van der Waals surface area contributed by atoms with Crippen LogP contribution >= 0.6 is 0 Å². The van der Waals surface area contributed by atoms with Gasteiger partial charge in [0.05, 0.1) is 16.6 Å². The van der Waals surface area contributed by atoms with E-state index in [0.29, 0.717) is 0 Å². The fourth-order valence-corrected chi connectivity index (χ4v) is 2.46. The molecule has 2 aromatic heterocycles. The van der Waals surface area contributed by atoms with Gasteiger partial charge >= 0.3 is 12.3 Å². The van der Waals surface area contributed by atoms with E-state index in [9.17, 15) is 22.8 Å². The van der Waals surface area contributed by atoms with E-state index in [4.69, 9.17) is 5.11 Å².